The summed E-state index contributed by atoms with van der Waals surface area (Å²) >= 11 is 0. The maximum atomic E-state index is 5.33. The van der Waals surface area contributed by atoms with Crippen molar-refractivity contribution in [2.75, 3.05) is 12.4 Å². The molecule has 1 aromatic heterocycles. The molecule has 0 atom stereocenters. The molecule has 0 aromatic carbocycles. The lowest BCUT2D eigenvalue weighted by molar-refractivity contribution is 0.421. The van der Waals surface area contributed by atoms with Gasteiger partial charge in [-0.3, -0.25) is 0 Å². The number of anilines is 1. The van der Waals surface area contributed by atoms with Crippen LogP contribution >= 0.6 is 0 Å². The summed E-state index contributed by atoms with van der Waals surface area (Å²) in [5.41, 5.74) is 0. The van der Waals surface area contributed by atoms with E-state index in [1.54, 1.807) is 0 Å². The monoisotopic (exact) mass is 182 g/mol. The Bertz CT molecular complexity index is 269. The molecule has 0 saturated heterocycles. The van der Waals surface area contributed by atoms with Gasteiger partial charge in [0.2, 0.25) is 5.89 Å². The van der Waals surface area contributed by atoms with Crippen LogP contribution in [0.4, 0.5) is 6.01 Å². The summed E-state index contributed by atoms with van der Waals surface area (Å²) in [6.45, 7) is 0.624. The molecule has 1 heterocycles. The van der Waals surface area contributed by atoms with Crippen LogP contribution in [0.3, 0.4) is 0 Å². The maximum Gasteiger partial charge on any atom is 0.315 e. The second-order valence-corrected chi connectivity index (χ2v) is 3.30. The van der Waals surface area contributed by atoms with Crippen molar-refractivity contribution in [1.82, 2.24) is 15.5 Å². The number of hydrogen-bond donors (Lipinski definition) is 2. The van der Waals surface area contributed by atoms with E-state index < -0.39 is 0 Å². The molecule has 1 fully saturated rings. The van der Waals surface area contributed by atoms with Crippen molar-refractivity contribution in [2.24, 2.45) is 0 Å². The smallest absolute Gasteiger partial charge is 0.315 e. The number of nitrogens with one attached hydrogen (secondary N) is 2. The molecule has 13 heavy (non-hydrogen) atoms. The average molecular weight is 182 g/mol. The third kappa shape index (κ3) is 1.98. The van der Waals surface area contributed by atoms with Crippen LogP contribution in [0, 0.1) is 0 Å². The third-order valence-electron chi connectivity index (χ3n) is 2.23. The van der Waals surface area contributed by atoms with Crippen LogP contribution in [0.2, 0.25) is 0 Å². The van der Waals surface area contributed by atoms with Crippen molar-refractivity contribution in [3.05, 3.63) is 5.89 Å². The van der Waals surface area contributed by atoms with Gasteiger partial charge in [-0.25, -0.2) is 0 Å². The summed E-state index contributed by atoms with van der Waals surface area (Å²) < 4.78 is 5.33. The van der Waals surface area contributed by atoms with Gasteiger partial charge in [0, 0.05) is 6.04 Å². The summed E-state index contributed by atoms with van der Waals surface area (Å²) in [5.74, 6) is 0.629. The molecule has 2 N–H and O–H groups in total. The third-order valence-corrected chi connectivity index (χ3v) is 2.23. The second-order valence-electron chi connectivity index (χ2n) is 3.30. The zero-order valence-corrected chi connectivity index (χ0v) is 7.71. The lowest BCUT2D eigenvalue weighted by Gasteiger charge is -2.24. The van der Waals surface area contributed by atoms with Gasteiger partial charge < -0.3 is 15.1 Å². The van der Waals surface area contributed by atoms with Gasteiger partial charge in [-0.2, -0.15) is 0 Å². The molecule has 1 aromatic rings. The first-order valence-corrected chi connectivity index (χ1v) is 4.62. The first-order valence-electron chi connectivity index (χ1n) is 4.62. The van der Waals surface area contributed by atoms with Gasteiger partial charge in [0.05, 0.1) is 6.54 Å². The summed E-state index contributed by atoms with van der Waals surface area (Å²) in [6, 6.07) is 1.10. The molecular weight excluding hydrogens is 168 g/mol. The van der Waals surface area contributed by atoms with Gasteiger partial charge in [0.25, 0.3) is 0 Å². The van der Waals surface area contributed by atoms with Crippen molar-refractivity contribution in [3.8, 4) is 0 Å². The first-order chi connectivity index (χ1) is 6.38. The molecule has 0 spiro atoms. The molecule has 0 amide bonds. The predicted octanol–water partition coefficient (Wildman–Crippen LogP) is 0.753. The minimum Gasteiger partial charge on any atom is -0.407 e. The Hall–Kier alpha value is -1.10. The van der Waals surface area contributed by atoms with Crippen LogP contribution in [0.5, 0.6) is 0 Å². The zero-order valence-electron chi connectivity index (χ0n) is 7.71. The molecule has 0 unspecified atom stereocenters. The Labute approximate surface area is 76.9 Å². The topological polar surface area (TPSA) is 63.0 Å². The largest absolute Gasteiger partial charge is 0.407 e. The fourth-order valence-corrected chi connectivity index (χ4v) is 1.26. The fourth-order valence-electron chi connectivity index (χ4n) is 1.26. The molecule has 0 radical (unpaired) electrons. The molecule has 72 valence electrons. The number of nitrogens with zero attached hydrogens (tertiary/aromatic N) is 2. The quantitative estimate of drug-likeness (QED) is 0.719. The normalized spacial score (nSPS) is 17.0. The summed E-state index contributed by atoms with van der Waals surface area (Å²) in [4.78, 5) is 0. The lowest BCUT2D eigenvalue weighted by Crippen LogP contribution is -2.27. The van der Waals surface area contributed by atoms with E-state index in [0.29, 0.717) is 24.5 Å². The highest BCUT2D eigenvalue weighted by Gasteiger charge is 2.19. The second kappa shape index (κ2) is 3.74. The highest BCUT2D eigenvalue weighted by atomic mass is 16.4. The van der Waals surface area contributed by atoms with Gasteiger partial charge in [-0.15, -0.1) is 5.10 Å². The van der Waals surface area contributed by atoms with Crippen LogP contribution in [0.25, 0.3) is 0 Å². The molecule has 2 rings (SSSR count). The Morgan fingerprint density at radius 2 is 2.31 bits per heavy atom. The standard InChI is InChI=1S/C8H14N4O/c1-9-5-7-11-12-8(13-7)10-6-3-2-4-6/h6,9H,2-5H2,1H3,(H,10,12). The van der Waals surface area contributed by atoms with Crippen LogP contribution in [0.1, 0.15) is 25.2 Å². The number of aromatic nitrogens is 2. The molecular formula is C8H14N4O. The van der Waals surface area contributed by atoms with Crippen molar-refractivity contribution < 1.29 is 4.42 Å². The van der Waals surface area contributed by atoms with E-state index in [1.807, 2.05) is 7.05 Å². The predicted molar refractivity (Wildman–Crippen MR) is 48.3 cm³/mol. The lowest BCUT2D eigenvalue weighted by atomic mass is 9.93. The van der Waals surface area contributed by atoms with E-state index in [0.717, 1.165) is 0 Å². The summed E-state index contributed by atoms with van der Waals surface area (Å²) in [7, 11) is 1.85. The van der Waals surface area contributed by atoms with Gasteiger partial charge in [0.1, 0.15) is 0 Å². The molecule has 1 saturated carbocycles. The van der Waals surface area contributed by atoms with Crippen LogP contribution in [-0.2, 0) is 6.54 Å². The van der Waals surface area contributed by atoms with Crippen molar-refractivity contribution in [1.29, 1.82) is 0 Å². The molecule has 0 bridgehead atoms. The SMILES string of the molecule is CNCc1nnc(NC2CCC2)o1. The molecule has 5 heteroatoms. The Kier molecular flexibility index (Phi) is 2.44. The van der Waals surface area contributed by atoms with Crippen molar-refractivity contribution >= 4 is 6.01 Å². The molecule has 1 aliphatic rings. The van der Waals surface area contributed by atoms with Gasteiger partial charge in [0.15, 0.2) is 0 Å². The maximum absolute atomic E-state index is 5.33. The molecule has 0 aliphatic heterocycles. The molecule has 1 aliphatic carbocycles. The van der Waals surface area contributed by atoms with E-state index in [-0.39, 0.29) is 0 Å². The summed E-state index contributed by atoms with van der Waals surface area (Å²) in [6.07, 6.45) is 3.72. The highest BCUT2D eigenvalue weighted by Crippen LogP contribution is 2.22. The Morgan fingerprint density at radius 1 is 1.46 bits per heavy atom. The van der Waals surface area contributed by atoms with Gasteiger partial charge in [-0.1, -0.05) is 5.10 Å². The summed E-state index contributed by atoms with van der Waals surface area (Å²) in [5, 5.41) is 13.9. The molecule has 5 nitrogen and oxygen atoms in total. The van der Waals surface area contributed by atoms with Crippen LogP contribution in [-0.4, -0.2) is 23.3 Å². The van der Waals surface area contributed by atoms with Gasteiger partial charge in [-0.05, 0) is 26.3 Å². The van der Waals surface area contributed by atoms with E-state index in [9.17, 15) is 0 Å². The average Bonchev–Trinajstić information content (AvgIpc) is 2.46. The Balaban J connectivity index is 1.88. The van der Waals surface area contributed by atoms with E-state index in [2.05, 4.69) is 20.8 Å². The van der Waals surface area contributed by atoms with E-state index >= 15 is 0 Å². The minimum atomic E-state index is 0.544. The Morgan fingerprint density at radius 3 is 2.92 bits per heavy atom. The van der Waals surface area contributed by atoms with E-state index in [4.69, 9.17) is 4.42 Å². The van der Waals surface area contributed by atoms with Crippen LogP contribution < -0.4 is 10.6 Å². The van der Waals surface area contributed by atoms with E-state index in [1.165, 1.54) is 19.3 Å². The van der Waals surface area contributed by atoms with Crippen molar-refractivity contribution in [3.63, 3.8) is 0 Å². The zero-order chi connectivity index (χ0) is 9.10. The number of hydrogen-bond acceptors (Lipinski definition) is 5. The van der Waals surface area contributed by atoms with Crippen molar-refractivity contribution in [2.45, 2.75) is 31.8 Å². The minimum absolute atomic E-state index is 0.544. The number of rotatable bonds is 4. The van der Waals surface area contributed by atoms with Gasteiger partial charge >= 0.3 is 6.01 Å². The van der Waals surface area contributed by atoms with Crippen LogP contribution in [0.15, 0.2) is 4.42 Å². The highest BCUT2D eigenvalue weighted by molar-refractivity contribution is 5.20. The first kappa shape index (κ1) is 8.50. The fraction of sp³-hybridized carbons (Fsp3) is 0.750.